The molecule has 3 aromatic rings. The number of rotatable bonds is 6. The molecule has 1 amide bonds. The van der Waals surface area contributed by atoms with Crippen molar-refractivity contribution in [2.45, 2.75) is 18.9 Å². The Bertz CT molecular complexity index is 966. The highest BCUT2D eigenvalue weighted by atomic mass is 16.3. The number of furan rings is 1. The van der Waals surface area contributed by atoms with E-state index in [1.807, 2.05) is 36.4 Å². The Balaban J connectivity index is 1.27. The molecule has 2 aromatic heterocycles. The lowest BCUT2D eigenvalue weighted by atomic mass is 10.2. The predicted octanol–water partition coefficient (Wildman–Crippen LogP) is 1.58. The molecule has 3 heterocycles. The van der Waals surface area contributed by atoms with E-state index in [9.17, 15) is 4.79 Å². The molecule has 1 saturated heterocycles. The minimum absolute atomic E-state index is 0.00439. The van der Waals surface area contributed by atoms with Crippen LogP contribution in [0.4, 0.5) is 5.69 Å². The summed E-state index contributed by atoms with van der Waals surface area (Å²) in [5.41, 5.74) is 0.919. The zero-order chi connectivity index (χ0) is 20.1. The minimum Gasteiger partial charge on any atom is -0.461 e. The van der Waals surface area contributed by atoms with Gasteiger partial charge in [0.15, 0.2) is 11.7 Å². The van der Waals surface area contributed by atoms with Crippen LogP contribution in [0.1, 0.15) is 12.2 Å². The fourth-order valence-electron chi connectivity index (χ4n) is 3.27. The third-order valence-corrected chi connectivity index (χ3v) is 4.68. The van der Waals surface area contributed by atoms with Crippen LogP contribution in [0.5, 0.6) is 0 Å². The molecular formula is C20H23N7O2. The van der Waals surface area contributed by atoms with Gasteiger partial charge < -0.3 is 20.0 Å². The number of para-hydroxylation sites is 1. The van der Waals surface area contributed by atoms with Gasteiger partial charge in [-0.25, -0.2) is 4.98 Å². The largest absolute Gasteiger partial charge is 0.461 e. The number of amides is 1. The number of hydrogen-bond acceptors (Lipinski definition) is 5. The number of aliphatic imine (C=N–C) groups is 1. The molecule has 29 heavy (non-hydrogen) atoms. The van der Waals surface area contributed by atoms with Gasteiger partial charge in [0.25, 0.3) is 0 Å². The number of aromatic nitrogens is 3. The maximum absolute atomic E-state index is 12.4. The maximum atomic E-state index is 12.4. The second-order valence-corrected chi connectivity index (χ2v) is 6.72. The fraction of sp³-hybridized carbons (Fsp3) is 0.300. The lowest BCUT2D eigenvalue weighted by Gasteiger charge is -2.18. The number of anilines is 1. The normalized spacial score (nSPS) is 17.0. The lowest BCUT2D eigenvalue weighted by Crippen LogP contribution is -2.45. The third-order valence-electron chi connectivity index (χ3n) is 4.68. The van der Waals surface area contributed by atoms with Crippen molar-refractivity contribution in [2.75, 3.05) is 25.0 Å². The molecule has 1 atom stereocenters. The van der Waals surface area contributed by atoms with Gasteiger partial charge in [-0.15, -0.1) is 0 Å². The van der Waals surface area contributed by atoms with E-state index in [4.69, 9.17) is 4.42 Å². The SMILES string of the molecule is CN=C(NCCc1nc(-c2ccco2)n[nH]1)NC1CC(=O)N(c2ccccc2)C1. The lowest BCUT2D eigenvalue weighted by molar-refractivity contribution is -0.117. The van der Waals surface area contributed by atoms with E-state index >= 15 is 0 Å². The topological polar surface area (TPSA) is 111 Å². The third kappa shape index (κ3) is 4.45. The van der Waals surface area contributed by atoms with Crippen LogP contribution in [0.2, 0.25) is 0 Å². The molecule has 9 heteroatoms. The molecule has 1 aliphatic heterocycles. The van der Waals surface area contributed by atoms with Crippen LogP contribution in [0.3, 0.4) is 0 Å². The highest BCUT2D eigenvalue weighted by molar-refractivity contribution is 5.97. The summed E-state index contributed by atoms with van der Waals surface area (Å²) < 4.78 is 5.30. The molecule has 0 bridgehead atoms. The smallest absolute Gasteiger partial charge is 0.229 e. The highest BCUT2D eigenvalue weighted by Crippen LogP contribution is 2.21. The summed E-state index contributed by atoms with van der Waals surface area (Å²) in [6.07, 6.45) is 2.67. The van der Waals surface area contributed by atoms with Crippen LogP contribution in [0, 0.1) is 0 Å². The Morgan fingerprint density at radius 2 is 2.17 bits per heavy atom. The van der Waals surface area contributed by atoms with Crippen LogP contribution in [-0.2, 0) is 11.2 Å². The van der Waals surface area contributed by atoms with Crippen molar-refractivity contribution in [3.05, 3.63) is 54.6 Å². The molecule has 1 unspecified atom stereocenters. The molecule has 3 N–H and O–H groups in total. The van der Waals surface area contributed by atoms with Crippen LogP contribution in [-0.4, -0.2) is 53.2 Å². The first-order valence-corrected chi connectivity index (χ1v) is 9.50. The quantitative estimate of drug-likeness (QED) is 0.433. The molecule has 1 aliphatic rings. The first-order chi connectivity index (χ1) is 14.2. The van der Waals surface area contributed by atoms with Gasteiger partial charge in [-0.05, 0) is 24.3 Å². The van der Waals surface area contributed by atoms with Gasteiger partial charge in [-0.3, -0.25) is 14.9 Å². The Labute approximate surface area is 168 Å². The van der Waals surface area contributed by atoms with E-state index in [0.29, 0.717) is 43.5 Å². The number of benzene rings is 1. The van der Waals surface area contributed by atoms with Crippen molar-refractivity contribution in [2.24, 2.45) is 4.99 Å². The van der Waals surface area contributed by atoms with Crippen molar-refractivity contribution >= 4 is 17.6 Å². The number of hydrogen-bond donors (Lipinski definition) is 3. The van der Waals surface area contributed by atoms with E-state index in [0.717, 1.165) is 11.5 Å². The standard InChI is InChI=1S/C20H23N7O2/c1-21-20(22-10-9-17-24-19(26-25-17)16-8-5-11-29-16)23-14-12-18(28)27(13-14)15-6-3-2-4-7-15/h2-8,11,14H,9-10,12-13H2,1H3,(H2,21,22,23)(H,24,25,26). The molecule has 0 radical (unpaired) electrons. The number of carbonyl (C=O) groups is 1. The second kappa shape index (κ2) is 8.59. The first kappa shape index (κ1) is 18.7. The number of nitrogens with one attached hydrogen (secondary N) is 3. The summed E-state index contributed by atoms with van der Waals surface area (Å²) in [6.45, 7) is 1.23. The van der Waals surface area contributed by atoms with Crippen LogP contribution >= 0.6 is 0 Å². The molecule has 1 fully saturated rings. The van der Waals surface area contributed by atoms with Crippen molar-refractivity contribution in [3.8, 4) is 11.6 Å². The summed E-state index contributed by atoms with van der Waals surface area (Å²) in [5.74, 6) is 2.69. The van der Waals surface area contributed by atoms with Gasteiger partial charge in [-0.2, -0.15) is 5.10 Å². The maximum Gasteiger partial charge on any atom is 0.229 e. The Hall–Kier alpha value is -3.62. The predicted molar refractivity (Wildman–Crippen MR) is 109 cm³/mol. The van der Waals surface area contributed by atoms with Crippen molar-refractivity contribution < 1.29 is 9.21 Å². The molecular weight excluding hydrogens is 370 g/mol. The van der Waals surface area contributed by atoms with Gasteiger partial charge in [0.1, 0.15) is 5.82 Å². The van der Waals surface area contributed by atoms with Crippen LogP contribution < -0.4 is 15.5 Å². The first-order valence-electron chi connectivity index (χ1n) is 9.50. The number of guanidine groups is 1. The average Bonchev–Trinajstić information content (AvgIpc) is 3.49. The minimum atomic E-state index is 0.00439. The summed E-state index contributed by atoms with van der Waals surface area (Å²) >= 11 is 0. The summed E-state index contributed by atoms with van der Waals surface area (Å²) in [5, 5.41) is 13.7. The molecule has 9 nitrogen and oxygen atoms in total. The highest BCUT2D eigenvalue weighted by Gasteiger charge is 2.31. The van der Waals surface area contributed by atoms with Crippen molar-refractivity contribution in [1.29, 1.82) is 0 Å². The number of aromatic amines is 1. The monoisotopic (exact) mass is 393 g/mol. The molecule has 1 aromatic carbocycles. The zero-order valence-electron chi connectivity index (χ0n) is 16.1. The number of H-pyrrole nitrogens is 1. The van der Waals surface area contributed by atoms with E-state index in [-0.39, 0.29) is 11.9 Å². The number of nitrogens with zero attached hydrogens (tertiary/aromatic N) is 4. The molecule has 0 aliphatic carbocycles. The van der Waals surface area contributed by atoms with Gasteiger partial charge >= 0.3 is 0 Å². The Kier molecular flexibility index (Phi) is 5.55. The molecule has 150 valence electrons. The number of carbonyl (C=O) groups excluding carboxylic acids is 1. The van der Waals surface area contributed by atoms with Gasteiger partial charge in [0.05, 0.1) is 12.3 Å². The van der Waals surface area contributed by atoms with Crippen LogP contribution in [0.15, 0.2) is 58.1 Å². The summed E-state index contributed by atoms with van der Waals surface area (Å²) in [6, 6.07) is 13.3. The van der Waals surface area contributed by atoms with E-state index in [2.05, 4.69) is 30.8 Å². The summed E-state index contributed by atoms with van der Waals surface area (Å²) in [4.78, 5) is 22.8. The van der Waals surface area contributed by atoms with Crippen molar-refractivity contribution in [3.63, 3.8) is 0 Å². The van der Waals surface area contributed by atoms with Crippen molar-refractivity contribution in [1.82, 2.24) is 25.8 Å². The van der Waals surface area contributed by atoms with E-state index in [1.165, 1.54) is 0 Å². The zero-order valence-corrected chi connectivity index (χ0v) is 16.1. The molecule has 0 spiro atoms. The van der Waals surface area contributed by atoms with Gasteiger partial charge in [-0.1, -0.05) is 18.2 Å². The second-order valence-electron chi connectivity index (χ2n) is 6.72. The van der Waals surface area contributed by atoms with Gasteiger partial charge in [0, 0.05) is 38.7 Å². The van der Waals surface area contributed by atoms with Gasteiger partial charge in [0.2, 0.25) is 11.7 Å². The molecule has 4 rings (SSSR count). The van der Waals surface area contributed by atoms with E-state index < -0.39 is 0 Å². The Morgan fingerprint density at radius 1 is 1.31 bits per heavy atom. The van der Waals surface area contributed by atoms with E-state index in [1.54, 1.807) is 24.3 Å². The summed E-state index contributed by atoms with van der Waals surface area (Å²) in [7, 11) is 1.71. The Morgan fingerprint density at radius 3 is 2.93 bits per heavy atom. The van der Waals surface area contributed by atoms with Crippen LogP contribution in [0.25, 0.3) is 11.6 Å². The fourth-order valence-corrected chi connectivity index (χ4v) is 3.27. The molecule has 0 saturated carbocycles. The average molecular weight is 393 g/mol.